The number of hydrogen-bond acceptors (Lipinski definition) is 4. The number of aliphatic hydroxyl groups excluding tert-OH is 1. The van der Waals surface area contributed by atoms with Gasteiger partial charge in [-0.3, -0.25) is 0 Å². The van der Waals surface area contributed by atoms with Crippen LogP contribution in [0.25, 0.3) is 0 Å². The third-order valence-electron chi connectivity index (χ3n) is 5.15. The highest BCUT2D eigenvalue weighted by molar-refractivity contribution is 8.18. The van der Waals surface area contributed by atoms with E-state index in [1.165, 1.54) is 17.9 Å². The first-order valence-corrected chi connectivity index (χ1v) is 12.6. The fourth-order valence-electron chi connectivity index (χ4n) is 2.91. The Hall–Kier alpha value is 0.837. The van der Waals surface area contributed by atoms with E-state index in [4.69, 9.17) is 4.43 Å². The molecule has 1 aliphatic carbocycles. The lowest BCUT2D eigenvalue weighted by Crippen LogP contribution is -2.43. The maximum atomic E-state index is 9.79. The second-order valence-electron chi connectivity index (χ2n) is 7.68. The molecule has 2 aliphatic rings. The fourth-order valence-corrected chi connectivity index (χ4v) is 7.98. The molecule has 0 radical (unpaired) electrons. The molecule has 0 amide bonds. The van der Waals surface area contributed by atoms with Gasteiger partial charge >= 0.3 is 0 Å². The van der Waals surface area contributed by atoms with Gasteiger partial charge in [-0.2, -0.15) is 0 Å². The summed E-state index contributed by atoms with van der Waals surface area (Å²) in [4.78, 5) is 0. The molecule has 0 aromatic heterocycles. The van der Waals surface area contributed by atoms with Crippen LogP contribution in [0.4, 0.5) is 0 Å². The van der Waals surface area contributed by atoms with E-state index in [2.05, 4.69) is 57.4 Å². The van der Waals surface area contributed by atoms with Crippen molar-refractivity contribution >= 4 is 31.8 Å². The molecule has 0 aromatic rings. The highest BCUT2D eigenvalue weighted by atomic mass is 32.2. The first kappa shape index (κ1) is 17.2. The van der Waals surface area contributed by atoms with Crippen LogP contribution in [0.5, 0.6) is 0 Å². The molecule has 1 heterocycles. The van der Waals surface area contributed by atoms with E-state index in [0.717, 1.165) is 12.8 Å². The van der Waals surface area contributed by atoms with Crippen LogP contribution in [0, 0.1) is 5.92 Å². The number of rotatable bonds is 3. The normalized spacial score (nSPS) is 30.9. The largest absolute Gasteiger partial charge is 0.414 e. The molecule has 0 unspecified atom stereocenters. The predicted octanol–water partition coefficient (Wildman–Crippen LogP) is 4.35. The SMILES string of the molecule is CC(C)(C)[Si](C)(C)O[C@@H]1C[C@@H](CO)C2(C1)SCCCS2. The molecule has 1 spiro atoms. The van der Waals surface area contributed by atoms with Crippen LogP contribution < -0.4 is 0 Å². The van der Waals surface area contributed by atoms with E-state index in [0.29, 0.717) is 18.6 Å². The Bertz CT molecular complexity index is 335. The summed E-state index contributed by atoms with van der Waals surface area (Å²) < 4.78 is 6.86. The predicted molar refractivity (Wildman–Crippen MR) is 94.1 cm³/mol. The zero-order valence-corrected chi connectivity index (χ0v) is 16.2. The molecule has 0 bridgehead atoms. The van der Waals surface area contributed by atoms with Crippen molar-refractivity contribution in [1.82, 2.24) is 0 Å². The van der Waals surface area contributed by atoms with Gasteiger partial charge in [0.2, 0.25) is 0 Å². The molecule has 0 aromatic carbocycles. The van der Waals surface area contributed by atoms with E-state index >= 15 is 0 Å². The zero-order chi connectivity index (χ0) is 15.0. The van der Waals surface area contributed by atoms with Crippen molar-refractivity contribution < 1.29 is 9.53 Å². The fraction of sp³-hybridized carbons (Fsp3) is 1.00. The van der Waals surface area contributed by atoms with Crippen molar-refractivity contribution in [2.24, 2.45) is 5.92 Å². The Labute approximate surface area is 133 Å². The van der Waals surface area contributed by atoms with E-state index in [9.17, 15) is 5.11 Å². The number of aliphatic hydroxyl groups is 1. The molecule has 5 heteroatoms. The maximum absolute atomic E-state index is 9.79. The van der Waals surface area contributed by atoms with Gasteiger partial charge in [0.05, 0.1) is 4.08 Å². The lowest BCUT2D eigenvalue weighted by Gasteiger charge is -2.39. The standard InChI is InChI=1S/C15H30O2S2Si/c1-14(2,3)20(4,5)17-13-9-12(11-16)15(10-13)18-7-6-8-19-15/h12-13,16H,6-11H2,1-5H3/t12-,13+/m0/s1. The van der Waals surface area contributed by atoms with Crippen LogP contribution >= 0.6 is 23.5 Å². The topological polar surface area (TPSA) is 29.5 Å². The summed E-state index contributed by atoms with van der Waals surface area (Å²) in [5.74, 6) is 2.90. The van der Waals surface area contributed by atoms with E-state index in [1.807, 2.05) is 0 Å². The van der Waals surface area contributed by atoms with Gasteiger partial charge < -0.3 is 9.53 Å². The maximum Gasteiger partial charge on any atom is 0.192 e. The summed E-state index contributed by atoms with van der Waals surface area (Å²) in [5, 5.41) is 10.1. The molecule has 118 valence electrons. The van der Waals surface area contributed by atoms with Crippen LogP contribution in [0.3, 0.4) is 0 Å². The van der Waals surface area contributed by atoms with Gasteiger partial charge in [0.25, 0.3) is 0 Å². The monoisotopic (exact) mass is 334 g/mol. The molecule has 1 aliphatic heterocycles. The second-order valence-corrected chi connectivity index (χ2v) is 15.5. The van der Waals surface area contributed by atoms with E-state index < -0.39 is 8.32 Å². The molecule has 2 rings (SSSR count). The summed E-state index contributed by atoms with van der Waals surface area (Å²) in [7, 11) is -1.69. The van der Waals surface area contributed by atoms with Crippen molar-refractivity contribution in [2.75, 3.05) is 18.1 Å². The Balaban J connectivity index is 2.05. The first-order valence-electron chi connectivity index (χ1n) is 7.77. The highest BCUT2D eigenvalue weighted by Crippen LogP contribution is 2.57. The first-order chi connectivity index (χ1) is 9.20. The highest BCUT2D eigenvalue weighted by Gasteiger charge is 2.51. The minimum atomic E-state index is -1.69. The minimum Gasteiger partial charge on any atom is -0.414 e. The Morgan fingerprint density at radius 3 is 2.35 bits per heavy atom. The molecule has 1 saturated heterocycles. The van der Waals surface area contributed by atoms with Crippen molar-refractivity contribution in [3.63, 3.8) is 0 Å². The van der Waals surface area contributed by atoms with Gasteiger partial charge in [0, 0.05) is 18.6 Å². The average molecular weight is 335 g/mol. The summed E-state index contributed by atoms with van der Waals surface area (Å²) in [6.07, 6.45) is 3.83. The van der Waals surface area contributed by atoms with Gasteiger partial charge in [0.15, 0.2) is 8.32 Å². The minimum absolute atomic E-state index is 0.236. The van der Waals surface area contributed by atoms with E-state index in [-0.39, 0.29) is 9.12 Å². The van der Waals surface area contributed by atoms with Crippen LogP contribution in [0.2, 0.25) is 18.1 Å². The van der Waals surface area contributed by atoms with Gasteiger partial charge in [-0.15, -0.1) is 23.5 Å². The smallest absolute Gasteiger partial charge is 0.192 e. The average Bonchev–Trinajstić information content (AvgIpc) is 2.65. The summed E-state index contributed by atoms with van der Waals surface area (Å²) in [6, 6.07) is 0. The molecular weight excluding hydrogens is 304 g/mol. The summed E-state index contributed by atoms with van der Waals surface area (Å²) >= 11 is 4.16. The lowest BCUT2D eigenvalue weighted by atomic mass is 10.1. The third kappa shape index (κ3) is 3.42. The van der Waals surface area contributed by atoms with Gasteiger partial charge in [-0.25, -0.2) is 0 Å². The number of hydrogen-bond donors (Lipinski definition) is 1. The van der Waals surface area contributed by atoms with E-state index in [1.54, 1.807) is 0 Å². The molecule has 2 nitrogen and oxygen atoms in total. The molecule has 20 heavy (non-hydrogen) atoms. The second kappa shape index (κ2) is 6.15. The quantitative estimate of drug-likeness (QED) is 0.777. The van der Waals surface area contributed by atoms with Crippen LogP contribution in [0.1, 0.15) is 40.0 Å². The summed E-state index contributed by atoms with van der Waals surface area (Å²) in [5.41, 5.74) is 0. The van der Waals surface area contributed by atoms with Crippen molar-refractivity contribution in [1.29, 1.82) is 0 Å². The van der Waals surface area contributed by atoms with Gasteiger partial charge in [0.1, 0.15) is 0 Å². The van der Waals surface area contributed by atoms with Crippen LogP contribution in [-0.4, -0.2) is 41.7 Å². The van der Waals surface area contributed by atoms with Crippen molar-refractivity contribution in [2.45, 2.75) is 68.3 Å². The van der Waals surface area contributed by atoms with Crippen LogP contribution in [-0.2, 0) is 4.43 Å². The summed E-state index contributed by atoms with van der Waals surface area (Å²) in [6.45, 7) is 11.9. The van der Waals surface area contributed by atoms with Gasteiger partial charge in [-0.05, 0) is 48.9 Å². The third-order valence-corrected chi connectivity index (χ3v) is 13.4. The molecule has 2 atom stereocenters. The Morgan fingerprint density at radius 2 is 1.85 bits per heavy atom. The lowest BCUT2D eigenvalue weighted by molar-refractivity contribution is 0.168. The molecule has 1 N–H and O–H groups in total. The van der Waals surface area contributed by atoms with Gasteiger partial charge in [-0.1, -0.05) is 20.8 Å². The Kier molecular flexibility index (Phi) is 5.29. The number of thioether (sulfide) groups is 2. The molecular formula is C15H30O2S2Si. The van der Waals surface area contributed by atoms with Crippen LogP contribution in [0.15, 0.2) is 0 Å². The van der Waals surface area contributed by atoms with Crippen molar-refractivity contribution in [3.05, 3.63) is 0 Å². The molecule has 1 saturated carbocycles. The Morgan fingerprint density at radius 1 is 1.25 bits per heavy atom. The zero-order valence-electron chi connectivity index (χ0n) is 13.6. The molecule has 2 fully saturated rings. The van der Waals surface area contributed by atoms with Crippen molar-refractivity contribution in [3.8, 4) is 0 Å².